The molecule has 0 bridgehead atoms. The molecule has 5 nitrogen and oxygen atoms in total. The first kappa shape index (κ1) is 15.7. The van der Waals surface area contributed by atoms with Crippen LogP contribution in [0.2, 0.25) is 0 Å². The number of anilines is 1. The molecule has 0 aromatic heterocycles. The Morgan fingerprint density at radius 3 is 3.14 bits per heavy atom. The minimum Gasteiger partial charge on any atom is -0.383 e. The summed E-state index contributed by atoms with van der Waals surface area (Å²) in [5.74, 6) is -0.343. The second kappa shape index (κ2) is 7.95. The summed E-state index contributed by atoms with van der Waals surface area (Å²) in [7, 11) is 1.64. The molecule has 21 heavy (non-hydrogen) atoms. The zero-order chi connectivity index (χ0) is 15.1. The van der Waals surface area contributed by atoms with Crippen molar-refractivity contribution in [3.05, 3.63) is 29.6 Å². The number of para-hydroxylation sites is 1. The standard InChI is InChI=1S/C15H22FN3O2/c1-21-9-7-17-10-12-4-2-5-13(16)15(12)19-8-3-6-18-14(20)11-19/h2,4-5,17H,3,6-11H2,1H3,(H,18,20). The molecule has 0 radical (unpaired) electrons. The molecule has 1 aliphatic rings. The Morgan fingerprint density at radius 1 is 1.48 bits per heavy atom. The third-order valence-corrected chi connectivity index (χ3v) is 3.45. The first-order chi connectivity index (χ1) is 10.2. The van der Waals surface area contributed by atoms with E-state index in [9.17, 15) is 9.18 Å². The Balaban J connectivity index is 2.14. The van der Waals surface area contributed by atoms with Gasteiger partial charge in [-0.3, -0.25) is 4.79 Å². The fourth-order valence-electron chi connectivity index (χ4n) is 2.45. The van der Waals surface area contributed by atoms with E-state index in [4.69, 9.17) is 4.74 Å². The van der Waals surface area contributed by atoms with Gasteiger partial charge in [0.15, 0.2) is 0 Å². The summed E-state index contributed by atoms with van der Waals surface area (Å²) in [4.78, 5) is 13.5. The number of hydrogen-bond acceptors (Lipinski definition) is 4. The average molecular weight is 295 g/mol. The van der Waals surface area contributed by atoms with Crippen molar-refractivity contribution >= 4 is 11.6 Å². The predicted octanol–water partition coefficient (Wildman–Crippen LogP) is 0.888. The van der Waals surface area contributed by atoms with Gasteiger partial charge in [0, 0.05) is 33.3 Å². The lowest BCUT2D eigenvalue weighted by atomic mass is 10.1. The number of carbonyl (C=O) groups is 1. The maximum Gasteiger partial charge on any atom is 0.239 e. The highest BCUT2D eigenvalue weighted by Gasteiger charge is 2.20. The molecule has 1 heterocycles. The number of carbonyl (C=O) groups excluding carboxylic acids is 1. The van der Waals surface area contributed by atoms with E-state index in [1.54, 1.807) is 13.2 Å². The third kappa shape index (κ3) is 4.41. The summed E-state index contributed by atoms with van der Waals surface area (Å²) in [5.41, 5.74) is 1.39. The SMILES string of the molecule is COCCNCc1cccc(F)c1N1CCCNC(=O)C1. The van der Waals surface area contributed by atoms with E-state index in [-0.39, 0.29) is 18.3 Å². The summed E-state index contributed by atoms with van der Waals surface area (Å²) in [6, 6.07) is 5.03. The van der Waals surface area contributed by atoms with E-state index in [0.29, 0.717) is 38.5 Å². The van der Waals surface area contributed by atoms with E-state index in [1.165, 1.54) is 6.07 Å². The van der Waals surface area contributed by atoms with Gasteiger partial charge in [0.1, 0.15) is 5.82 Å². The van der Waals surface area contributed by atoms with Crippen LogP contribution in [0.3, 0.4) is 0 Å². The third-order valence-electron chi connectivity index (χ3n) is 3.45. The van der Waals surface area contributed by atoms with E-state index < -0.39 is 0 Å². The number of hydrogen-bond donors (Lipinski definition) is 2. The van der Waals surface area contributed by atoms with Gasteiger partial charge < -0.3 is 20.3 Å². The molecule has 6 heteroatoms. The van der Waals surface area contributed by atoms with Gasteiger partial charge in [-0.15, -0.1) is 0 Å². The molecule has 0 spiro atoms. The van der Waals surface area contributed by atoms with Crippen molar-refractivity contribution in [3.8, 4) is 0 Å². The number of halogens is 1. The lowest BCUT2D eigenvalue weighted by molar-refractivity contribution is -0.119. The van der Waals surface area contributed by atoms with Crippen LogP contribution < -0.4 is 15.5 Å². The molecule has 0 unspecified atom stereocenters. The fourth-order valence-corrected chi connectivity index (χ4v) is 2.45. The van der Waals surface area contributed by atoms with Crippen LogP contribution in [0, 0.1) is 5.82 Å². The summed E-state index contributed by atoms with van der Waals surface area (Å²) in [6.45, 7) is 3.38. The number of benzene rings is 1. The molecule has 0 saturated carbocycles. The normalized spacial score (nSPS) is 15.7. The molecule has 1 saturated heterocycles. The number of nitrogens with zero attached hydrogens (tertiary/aromatic N) is 1. The van der Waals surface area contributed by atoms with E-state index in [2.05, 4.69) is 10.6 Å². The Labute approximate surface area is 124 Å². The molecular formula is C15H22FN3O2. The molecule has 1 amide bonds. The Hall–Kier alpha value is -1.66. The molecule has 0 atom stereocenters. The van der Waals surface area contributed by atoms with Gasteiger partial charge in [-0.05, 0) is 18.1 Å². The van der Waals surface area contributed by atoms with Gasteiger partial charge in [-0.25, -0.2) is 4.39 Å². The van der Waals surface area contributed by atoms with Crippen LogP contribution in [0.15, 0.2) is 18.2 Å². The highest BCUT2D eigenvalue weighted by molar-refractivity contribution is 5.82. The molecular weight excluding hydrogens is 273 g/mol. The zero-order valence-corrected chi connectivity index (χ0v) is 12.3. The topological polar surface area (TPSA) is 53.6 Å². The van der Waals surface area contributed by atoms with Crippen molar-refractivity contribution in [3.63, 3.8) is 0 Å². The Morgan fingerprint density at radius 2 is 2.33 bits per heavy atom. The molecule has 0 aliphatic carbocycles. The van der Waals surface area contributed by atoms with E-state index >= 15 is 0 Å². The Kier molecular flexibility index (Phi) is 5.95. The van der Waals surface area contributed by atoms with Crippen molar-refractivity contribution in [2.75, 3.05) is 44.8 Å². The number of rotatable bonds is 6. The van der Waals surface area contributed by atoms with E-state index in [0.717, 1.165) is 12.0 Å². The summed E-state index contributed by atoms with van der Waals surface area (Å²) >= 11 is 0. The van der Waals surface area contributed by atoms with Crippen LogP contribution in [0.25, 0.3) is 0 Å². The van der Waals surface area contributed by atoms with Crippen LogP contribution >= 0.6 is 0 Å². The number of nitrogens with one attached hydrogen (secondary N) is 2. The highest BCUT2D eigenvalue weighted by atomic mass is 19.1. The lowest BCUT2D eigenvalue weighted by Crippen LogP contribution is -2.34. The molecule has 1 fully saturated rings. The predicted molar refractivity (Wildman–Crippen MR) is 79.8 cm³/mol. The van der Waals surface area contributed by atoms with Crippen molar-refractivity contribution in [2.24, 2.45) is 0 Å². The largest absolute Gasteiger partial charge is 0.383 e. The number of ether oxygens (including phenoxy) is 1. The van der Waals surface area contributed by atoms with Gasteiger partial charge in [0.2, 0.25) is 5.91 Å². The molecule has 1 aromatic rings. The number of amides is 1. The van der Waals surface area contributed by atoms with Crippen LogP contribution in [-0.2, 0) is 16.1 Å². The quantitative estimate of drug-likeness (QED) is 0.765. The van der Waals surface area contributed by atoms with Gasteiger partial charge in [-0.2, -0.15) is 0 Å². The molecule has 1 aromatic carbocycles. The smallest absolute Gasteiger partial charge is 0.239 e. The summed E-state index contributed by atoms with van der Waals surface area (Å²) < 4.78 is 19.2. The fraction of sp³-hybridized carbons (Fsp3) is 0.533. The molecule has 2 N–H and O–H groups in total. The minimum atomic E-state index is -0.282. The van der Waals surface area contributed by atoms with Gasteiger partial charge in [-0.1, -0.05) is 12.1 Å². The Bertz CT molecular complexity index is 482. The van der Waals surface area contributed by atoms with Gasteiger partial charge in [0.25, 0.3) is 0 Å². The van der Waals surface area contributed by atoms with Crippen molar-refractivity contribution in [1.82, 2.24) is 10.6 Å². The summed E-state index contributed by atoms with van der Waals surface area (Å²) in [5, 5.41) is 6.03. The summed E-state index contributed by atoms with van der Waals surface area (Å²) in [6.07, 6.45) is 0.816. The second-order valence-corrected chi connectivity index (χ2v) is 5.04. The lowest BCUT2D eigenvalue weighted by Gasteiger charge is -2.25. The van der Waals surface area contributed by atoms with Crippen molar-refractivity contribution < 1.29 is 13.9 Å². The first-order valence-corrected chi connectivity index (χ1v) is 7.21. The monoisotopic (exact) mass is 295 g/mol. The van der Waals surface area contributed by atoms with Crippen LogP contribution in [0.5, 0.6) is 0 Å². The van der Waals surface area contributed by atoms with Crippen LogP contribution in [0.1, 0.15) is 12.0 Å². The van der Waals surface area contributed by atoms with Crippen molar-refractivity contribution in [1.29, 1.82) is 0 Å². The average Bonchev–Trinajstić information content (AvgIpc) is 2.68. The molecule has 116 valence electrons. The number of methoxy groups -OCH3 is 1. The maximum absolute atomic E-state index is 14.2. The highest BCUT2D eigenvalue weighted by Crippen LogP contribution is 2.25. The van der Waals surface area contributed by atoms with Gasteiger partial charge in [0.05, 0.1) is 18.8 Å². The van der Waals surface area contributed by atoms with Crippen LogP contribution in [-0.4, -0.2) is 45.8 Å². The zero-order valence-electron chi connectivity index (χ0n) is 12.3. The van der Waals surface area contributed by atoms with E-state index in [1.807, 2.05) is 11.0 Å². The minimum absolute atomic E-state index is 0.0611. The molecule has 1 aliphatic heterocycles. The molecule has 2 rings (SSSR count). The first-order valence-electron chi connectivity index (χ1n) is 7.21. The second-order valence-electron chi connectivity index (χ2n) is 5.04. The maximum atomic E-state index is 14.2. The van der Waals surface area contributed by atoms with Gasteiger partial charge >= 0.3 is 0 Å². The van der Waals surface area contributed by atoms with Crippen LogP contribution in [0.4, 0.5) is 10.1 Å². The van der Waals surface area contributed by atoms with Crippen molar-refractivity contribution in [2.45, 2.75) is 13.0 Å².